The second-order valence-electron chi connectivity index (χ2n) is 4.27. The van der Waals surface area contributed by atoms with Gasteiger partial charge >= 0.3 is 5.97 Å². The van der Waals surface area contributed by atoms with E-state index in [1.165, 1.54) is 31.4 Å². The Morgan fingerprint density at radius 2 is 2.10 bits per heavy atom. The maximum Gasteiger partial charge on any atom is 0.356 e. The molecule has 1 aromatic carbocycles. The van der Waals surface area contributed by atoms with Gasteiger partial charge in [0, 0.05) is 5.69 Å². The molecular weight excluding hydrogens is 261 g/mol. The molecular formula is C14H14FN3O2. The van der Waals surface area contributed by atoms with Crippen LogP contribution in [-0.2, 0) is 4.74 Å². The molecule has 0 unspecified atom stereocenters. The summed E-state index contributed by atoms with van der Waals surface area (Å²) in [5, 5.41) is 2.89. The monoisotopic (exact) mass is 275 g/mol. The Morgan fingerprint density at radius 3 is 2.75 bits per heavy atom. The number of aryl methyl sites for hydroxylation is 1. The first-order valence-corrected chi connectivity index (χ1v) is 5.88. The van der Waals surface area contributed by atoms with Gasteiger partial charge in [0.05, 0.1) is 12.8 Å². The summed E-state index contributed by atoms with van der Waals surface area (Å²) in [5.41, 5.74) is 7.52. The topological polar surface area (TPSA) is 77.2 Å². The number of nitrogen functional groups attached to an aromatic ring is 1. The van der Waals surface area contributed by atoms with Gasteiger partial charge in [-0.2, -0.15) is 0 Å². The van der Waals surface area contributed by atoms with E-state index < -0.39 is 5.97 Å². The zero-order valence-electron chi connectivity index (χ0n) is 11.1. The van der Waals surface area contributed by atoms with Crippen molar-refractivity contribution >= 4 is 23.2 Å². The number of anilines is 3. The second-order valence-corrected chi connectivity index (χ2v) is 4.27. The maximum atomic E-state index is 13.3. The summed E-state index contributed by atoms with van der Waals surface area (Å²) in [6.07, 6.45) is 0. The van der Waals surface area contributed by atoms with Gasteiger partial charge in [0.2, 0.25) is 0 Å². The minimum absolute atomic E-state index is 0.123. The number of halogens is 1. The van der Waals surface area contributed by atoms with Crippen molar-refractivity contribution in [3.05, 3.63) is 47.4 Å². The number of nitrogens with two attached hydrogens (primary N) is 1. The lowest BCUT2D eigenvalue weighted by Crippen LogP contribution is -2.08. The van der Waals surface area contributed by atoms with E-state index in [1.807, 2.05) is 0 Å². The molecule has 1 heterocycles. The van der Waals surface area contributed by atoms with E-state index in [0.29, 0.717) is 11.4 Å². The van der Waals surface area contributed by atoms with Crippen LogP contribution in [-0.4, -0.2) is 18.1 Å². The lowest BCUT2D eigenvalue weighted by Gasteiger charge is -2.10. The van der Waals surface area contributed by atoms with Gasteiger partial charge in [0.15, 0.2) is 11.5 Å². The maximum absolute atomic E-state index is 13.3. The van der Waals surface area contributed by atoms with Crippen molar-refractivity contribution in [2.45, 2.75) is 6.92 Å². The summed E-state index contributed by atoms with van der Waals surface area (Å²) in [7, 11) is 1.27. The Hall–Kier alpha value is -2.63. The third-order valence-corrected chi connectivity index (χ3v) is 2.63. The molecule has 0 fully saturated rings. The minimum atomic E-state index is -0.566. The number of nitrogens with zero attached hydrogens (tertiary/aromatic N) is 1. The number of methoxy groups -OCH3 is 1. The lowest BCUT2D eigenvalue weighted by atomic mass is 10.2. The molecule has 20 heavy (non-hydrogen) atoms. The number of carbonyl (C=O) groups excluding carboxylic acids is 1. The summed E-state index contributed by atoms with van der Waals surface area (Å²) in [4.78, 5) is 15.5. The molecule has 5 nitrogen and oxygen atoms in total. The van der Waals surface area contributed by atoms with Crippen LogP contribution in [0.15, 0.2) is 30.3 Å². The van der Waals surface area contributed by atoms with Crippen LogP contribution < -0.4 is 11.1 Å². The van der Waals surface area contributed by atoms with E-state index in [-0.39, 0.29) is 17.3 Å². The van der Waals surface area contributed by atoms with Gasteiger partial charge in [-0.1, -0.05) is 0 Å². The van der Waals surface area contributed by atoms with Gasteiger partial charge in [-0.3, -0.25) is 0 Å². The number of carbonyl (C=O) groups is 1. The fraction of sp³-hybridized carbons (Fsp3) is 0.143. The summed E-state index contributed by atoms with van der Waals surface area (Å²) in [6, 6.07) is 7.47. The number of hydrogen-bond acceptors (Lipinski definition) is 5. The number of aromatic nitrogens is 1. The first kappa shape index (κ1) is 13.8. The molecule has 0 bridgehead atoms. The highest BCUT2D eigenvalue weighted by Gasteiger charge is 2.11. The first-order valence-electron chi connectivity index (χ1n) is 5.88. The summed E-state index contributed by atoms with van der Waals surface area (Å²) < 4.78 is 17.9. The van der Waals surface area contributed by atoms with Crippen LogP contribution in [0.5, 0.6) is 0 Å². The van der Waals surface area contributed by atoms with Crippen molar-refractivity contribution in [3.63, 3.8) is 0 Å². The molecule has 0 aliphatic carbocycles. The summed E-state index contributed by atoms with van der Waals surface area (Å²) >= 11 is 0. The fourth-order valence-corrected chi connectivity index (χ4v) is 1.73. The molecule has 0 amide bonds. The summed E-state index contributed by atoms with van der Waals surface area (Å²) in [5.74, 6) is -0.656. The van der Waals surface area contributed by atoms with E-state index in [9.17, 15) is 9.18 Å². The Labute approximate surface area is 115 Å². The van der Waals surface area contributed by atoms with Crippen molar-refractivity contribution in [1.29, 1.82) is 0 Å². The van der Waals surface area contributed by atoms with E-state index >= 15 is 0 Å². The van der Waals surface area contributed by atoms with Crippen molar-refractivity contribution in [2.75, 3.05) is 18.2 Å². The van der Waals surface area contributed by atoms with Gasteiger partial charge in [-0.15, -0.1) is 0 Å². The minimum Gasteiger partial charge on any atom is -0.464 e. The standard InChI is InChI=1S/C14H14FN3O2/c1-8-5-9(15)7-10(6-8)17-13-11(16)3-4-12(18-13)14(19)20-2/h3-7H,16H2,1-2H3,(H,17,18). The average molecular weight is 275 g/mol. The van der Waals surface area contributed by atoms with Crippen LogP contribution in [0.25, 0.3) is 0 Å². The molecule has 6 heteroatoms. The molecule has 0 aliphatic heterocycles. The molecule has 3 N–H and O–H groups in total. The van der Waals surface area contributed by atoms with E-state index in [1.54, 1.807) is 13.0 Å². The van der Waals surface area contributed by atoms with Gasteiger partial charge in [0.25, 0.3) is 0 Å². The van der Waals surface area contributed by atoms with Crippen molar-refractivity contribution in [3.8, 4) is 0 Å². The van der Waals surface area contributed by atoms with Gasteiger partial charge in [-0.25, -0.2) is 14.2 Å². The van der Waals surface area contributed by atoms with E-state index in [2.05, 4.69) is 15.0 Å². The smallest absolute Gasteiger partial charge is 0.356 e. The molecule has 2 aromatic rings. The number of esters is 1. The number of pyridine rings is 1. The molecule has 2 rings (SSSR count). The fourth-order valence-electron chi connectivity index (χ4n) is 1.73. The molecule has 0 aliphatic rings. The third-order valence-electron chi connectivity index (χ3n) is 2.63. The number of nitrogens with one attached hydrogen (secondary N) is 1. The first-order chi connectivity index (χ1) is 9.49. The lowest BCUT2D eigenvalue weighted by molar-refractivity contribution is 0.0594. The van der Waals surface area contributed by atoms with Crippen molar-refractivity contribution < 1.29 is 13.9 Å². The van der Waals surface area contributed by atoms with Crippen LogP contribution in [0.1, 0.15) is 16.1 Å². The Balaban J connectivity index is 2.34. The largest absolute Gasteiger partial charge is 0.464 e. The van der Waals surface area contributed by atoms with Gasteiger partial charge in [-0.05, 0) is 42.8 Å². The third kappa shape index (κ3) is 3.03. The highest BCUT2D eigenvalue weighted by atomic mass is 19.1. The van der Waals surface area contributed by atoms with Crippen LogP contribution in [0.2, 0.25) is 0 Å². The number of benzene rings is 1. The highest BCUT2D eigenvalue weighted by Crippen LogP contribution is 2.23. The van der Waals surface area contributed by atoms with Crippen LogP contribution >= 0.6 is 0 Å². The predicted molar refractivity (Wildman–Crippen MR) is 74.4 cm³/mol. The van der Waals surface area contributed by atoms with Crippen LogP contribution in [0.4, 0.5) is 21.6 Å². The van der Waals surface area contributed by atoms with E-state index in [4.69, 9.17) is 5.73 Å². The van der Waals surface area contributed by atoms with Crippen LogP contribution in [0.3, 0.4) is 0 Å². The summed E-state index contributed by atoms with van der Waals surface area (Å²) in [6.45, 7) is 1.77. The Kier molecular flexibility index (Phi) is 3.84. The predicted octanol–water partition coefficient (Wildman–Crippen LogP) is 2.64. The second kappa shape index (κ2) is 5.56. The zero-order valence-corrected chi connectivity index (χ0v) is 11.1. The zero-order chi connectivity index (χ0) is 14.7. The van der Waals surface area contributed by atoms with Crippen molar-refractivity contribution in [1.82, 2.24) is 4.98 Å². The Morgan fingerprint density at radius 1 is 1.35 bits per heavy atom. The van der Waals surface area contributed by atoms with Gasteiger partial charge in [0.1, 0.15) is 5.82 Å². The SMILES string of the molecule is COC(=O)c1ccc(N)c(Nc2cc(C)cc(F)c2)n1. The molecule has 0 radical (unpaired) electrons. The number of rotatable bonds is 3. The Bertz CT molecular complexity index is 639. The number of ether oxygens (including phenoxy) is 1. The van der Waals surface area contributed by atoms with Crippen LogP contribution in [0, 0.1) is 12.7 Å². The van der Waals surface area contributed by atoms with E-state index in [0.717, 1.165) is 5.56 Å². The molecule has 0 saturated carbocycles. The van der Waals surface area contributed by atoms with Gasteiger partial charge < -0.3 is 15.8 Å². The van der Waals surface area contributed by atoms with Crippen molar-refractivity contribution in [2.24, 2.45) is 0 Å². The highest BCUT2D eigenvalue weighted by molar-refractivity contribution is 5.88. The molecule has 1 aromatic heterocycles. The molecule has 0 saturated heterocycles. The normalized spacial score (nSPS) is 10.2. The molecule has 0 atom stereocenters. The quantitative estimate of drug-likeness (QED) is 0.842. The molecule has 104 valence electrons. The number of hydrogen-bond donors (Lipinski definition) is 2. The molecule has 0 spiro atoms. The average Bonchev–Trinajstić information content (AvgIpc) is 2.39.